The topological polar surface area (TPSA) is 113 Å². The second-order valence-corrected chi connectivity index (χ2v) is 8.65. The Bertz CT molecular complexity index is 1120. The summed E-state index contributed by atoms with van der Waals surface area (Å²) in [6.07, 6.45) is 8.56. The number of carboxylic acids is 1. The first kappa shape index (κ1) is 23.7. The molecule has 3 aromatic rings. The molecule has 34 heavy (non-hydrogen) atoms. The van der Waals surface area contributed by atoms with Crippen LogP contribution in [0.15, 0.2) is 36.8 Å². The molecule has 0 bridgehead atoms. The number of aromatic nitrogens is 4. The molecule has 4 rings (SSSR count). The summed E-state index contributed by atoms with van der Waals surface area (Å²) in [6.45, 7) is 6.77. The molecule has 1 atom stereocenters. The summed E-state index contributed by atoms with van der Waals surface area (Å²) in [6, 6.07) is 5.72. The van der Waals surface area contributed by atoms with E-state index in [0.29, 0.717) is 24.0 Å². The van der Waals surface area contributed by atoms with Crippen LogP contribution in [0, 0.1) is 12.8 Å². The third-order valence-corrected chi connectivity index (χ3v) is 5.80. The van der Waals surface area contributed by atoms with Gasteiger partial charge in [0, 0.05) is 31.2 Å². The fourth-order valence-electron chi connectivity index (χ4n) is 4.35. The molecule has 0 spiro atoms. The van der Waals surface area contributed by atoms with Crippen molar-refractivity contribution < 1.29 is 19.4 Å². The van der Waals surface area contributed by atoms with E-state index in [9.17, 15) is 4.79 Å². The van der Waals surface area contributed by atoms with Crippen LogP contribution in [0.1, 0.15) is 36.7 Å². The highest BCUT2D eigenvalue weighted by Crippen LogP contribution is 2.30. The molecule has 2 aromatic heterocycles. The van der Waals surface area contributed by atoms with Gasteiger partial charge in [-0.3, -0.25) is 9.88 Å². The Labute approximate surface area is 199 Å². The number of ether oxygens (including phenoxy) is 2. The maximum atomic E-state index is 10.8. The summed E-state index contributed by atoms with van der Waals surface area (Å²) in [7, 11) is 0. The Hall–Kier alpha value is -3.46. The number of carbonyl (C=O) groups is 1. The highest BCUT2D eigenvalue weighted by molar-refractivity contribution is 5.68. The number of nitrogens with one attached hydrogen (secondary N) is 1. The average molecular weight is 466 g/mol. The van der Waals surface area contributed by atoms with Gasteiger partial charge in [0.05, 0.1) is 18.5 Å². The summed E-state index contributed by atoms with van der Waals surface area (Å²) >= 11 is 0. The van der Waals surface area contributed by atoms with Crippen molar-refractivity contribution >= 4 is 5.97 Å². The first-order valence-corrected chi connectivity index (χ1v) is 11.7. The standard InChI is InChI=1S/C25H31N5O4/c1-3-33-23-10-19(6-7-22(23)34-16-24(31)32)15-30-8-4-5-18(14-30)9-20-12-26-13-21(29-20)25-27-11-17(2)28-25/h6-7,10-13,18H,3-5,8-9,14-16H2,1-2H3,(H,27,28)(H,31,32)/t18-/m1/s1. The number of hydrogen-bond donors (Lipinski definition) is 2. The quantitative estimate of drug-likeness (QED) is 0.468. The van der Waals surface area contributed by atoms with Gasteiger partial charge in [-0.1, -0.05) is 6.07 Å². The number of carboxylic acid groups (broad SMARTS) is 1. The van der Waals surface area contributed by atoms with E-state index < -0.39 is 12.6 Å². The number of aliphatic carboxylic acids is 1. The number of imidazole rings is 1. The van der Waals surface area contributed by atoms with Crippen LogP contribution in [0.4, 0.5) is 0 Å². The van der Waals surface area contributed by atoms with Crippen LogP contribution in [0.5, 0.6) is 11.5 Å². The van der Waals surface area contributed by atoms with Gasteiger partial charge in [0.15, 0.2) is 23.9 Å². The van der Waals surface area contributed by atoms with Crippen molar-refractivity contribution in [2.45, 2.75) is 39.7 Å². The summed E-state index contributed by atoms with van der Waals surface area (Å²) < 4.78 is 11.1. The Morgan fingerprint density at radius 2 is 2.12 bits per heavy atom. The molecule has 180 valence electrons. The predicted octanol–water partition coefficient (Wildman–Crippen LogP) is 3.49. The zero-order valence-corrected chi connectivity index (χ0v) is 19.7. The third-order valence-electron chi connectivity index (χ3n) is 5.80. The minimum absolute atomic E-state index is 0.392. The predicted molar refractivity (Wildman–Crippen MR) is 127 cm³/mol. The Morgan fingerprint density at radius 1 is 1.24 bits per heavy atom. The lowest BCUT2D eigenvalue weighted by atomic mass is 9.93. The van der Waals surface area contributed by atoms with E-state index in [4.69, 9.17) is 19.6 Å². The van der Waals surface area contributed by atoms with Crippen molar-refractivity contribution in [1.29, 1.82) is 0 Å². The lowest BCUT2D eigenvalue weighted by Crippen LogP contribution is -2.35. The van der Waals surface area contributed by atoms with Crippen LogP contribution in [0.25, 0.3) is 11.5 Å². The first-order valence-electron chi connectivity index (χ1n) is 11.7. The molecule has 0 radical (unpaired) electrons. The fourth-order valence-corrected chi connectivity index (χ4v) is 4.35. The van der Waals surface area contributed by atoms with Gasteiger partial charge in [0.25, 0.3) is 0 Å². The average Bonchev–Trinajstić information content (AvgIpc) is 3.25. The van der Waals surface area contributed by atoms with Crippen LogP contribution in [-0.2, 0) is 17.8 Å². The number of piperidine rings is 1. The molecule has 0 amide bonds. The van der Waals surface area contributed by atoms with Crippen LogP contribution in [0.3, 0.4) is 0 Å². The smallest absolute Gasteiger partial charge is 0.341 e. The van der Waals surface area contributed by atoms with Gasteiger partial charge in [-0.2, -0.15) is 0 Å². The van der Waals surface area contributed by atoms with Crippen LogP contribution >= 0.6 is 0 Å². The molecule has 2 N–H and O–H groups in total. The lowest BCUT2D eigenvalue weighted by Gasteiger charge is -2.32. The highest BCUT2D eigenvalue weighted by atomic mass is 16.5. The van der Waals surface area contributed by atoms with E-state index in [1.165, 1.54) is 0 Å². The maximum Gasteiger partial charge on any atom is 0.341 e. The van der Waals surface area contributed by atoms with Gasteiger partial charge in [0.2, 0.25) is 0 Å². The second kappa shape index (κ2) is 11.1. The monoisotopic (exact) mass is 465 g/mol. The number of hydrogen-bond acceptors (Lipinski definition) is 7. The van der Waals surface area contributed by atoms with E-state index >= 15 is 0 Å². The first-order chi connectivity index (χ1) is 16.5. The highest BCUT2D eigenvalue weighted by Gasteiger charge is 2.22. The molecule has 0 unspecified atom stereocenters. The van der Waals surface area contributed by atoms with Gasteiger partial charge in [-0.25, -0.2) is 14.8 Å². The molecule has 0 aliphatic carbocycles. The Balaban J connectivity index is 1.38. The molecule has 1 aromatic carbocycles. The number of rotatable bonds is 10. The molecule has 1 fully saturated rings. The molecule has 1 aliphatic heterocycles. The summed E-state index contributed by atoms with van der Waals surface area (Å²) in [4.78, 5) is 30.0. The van der Waals surface area contributed by atoms with Gasteiger partial charge >= 0.3 is 5.97 Å². The third kappa shape index (κ3) is 6.32. The largest absolute Gasteiger partial charge is 0.490 e. The molecule has 9 nitrogen and oxygen atoms in total. The van der Waals surface area contributed by atoms with Crippen molar-refractivity contribution in [2.24, 2.45) is 5.92 Å². The van der Waals surface area contributed by atoms with E-state index in [1.807, 2.05) is 32.2 Å². The van der Waals surface area contributed by atoms with Crippen LogP contribution < -0.4 is 9.47 Å². The van der Waals surface area contributed by atoms with Crippen molar-refractivity contribution in [1.82, 2.24) is 24.8 Å². The molecule has 1 aliphatic rings. The summed E-state index contributed by atoms with van der Waals surface area (Å²) in [5.74, 6) is 1.27. The number of benzene rings is 1. The number of H-pyrrole nitrogens is 1. The maximum absolute atomic E-state index is 10.8. The molecular weight excluding hydrogens is 434 g/mol. The van der Waals surface area contributed by atoms with Crippen molar-refractivity contribution in [2.75, 3.05) is 26.3 Å². The van der Waals surface area contributed by atoms with E-state index in [1.54, 1.807) is 18.5 Å². The van der Waals surface area contributed by atoms with Gasteiger partial charge in [-0.05, 0) is 63.3 Å². The zero-order valence-electron chi connectivity index (χ0n) is 19.7. The minimum atomic E-state index is -1.01. The Morgan fingerprint density at radius 3 is 2.88 bits per heavy atom. The fraction of sp³-hybridized carbons (Fsp3) is 0.440. The number of nitrogens with zero attached hydrogens (tertiary/aromatic N) is 4. The number of aromatic amines is 1. The second-order valence-electron chi connectivity index (χ2n) is 8.65. The van der Waals surface area contributed by atoms with E-state index in [2.05, 4.69) is 19.9 Å². The van der Waals surface area contributed by atoms with Gasteiger partial charge in [0.1, 0.15) is 5.69 Å². The lowest BCUT2D eigenvalue weighted by molar-refractivity contribution is -0.139. The van der Waals surface area contributed by atoms with E-state index in [0.717, 1.165) is 67.4 Å². The van der Waals surface area contributed by atoms with Crippen molar-refractivity contribution in [3.8, 4) is 23.0 Å². The molecule has 1 saturated heterocycles. The molecule has 0 saturated carbocycles. The molecule has 9 heteroatoms. The number of likely N-dealkylation sites (tertiary alicyclic amines) is 1. The summed E-state index contributed by atoms with van der Waals surface area (Å²) in [5.41, 5.74) is 3.87. The van der Waals surface area contributed by atoms with Crippen molar-refractivity contribution in [3.63, 3.8) is 0 Å². The van der Waals surface area contributed by atoms with Crippen LogP contribution in [0.2, 0.25) is 0 Å². The molecule has 3 heterocycles. The van der Waals surface area contributed by atoms with Crippen LogP contribution in [-0.4, -0.2) is 62.2 Å². The molecular formula is C25H31N5O4. The van der Waals surface area contributed by atoms with E-state index in [-0.39, 0.29) is 0 Å². The zero-order chi connectivity index (χ0) is 23.9. The van der Waals surface area contributed by atoms with Crippen molar-refractivity contribution in [3.05, 3.63) is 53.7 Å². The SMILES string of the molecule is CCOc1cc(CN2CCC[C@H](Cc3cncc(-c4ncc(C)[nH]4)n3)C2)ccc1OCC(=O)O. The van der Waals surface area contributed by atoms with Gasteiger partial charge in [-0.15, -0.1) is 0 Å². The van der Waals surface area contributed by atoms with Gasteiger partial charge < -0.3 is 19.6 Å². The normalized spacial score (nSPS) is 16.4. The Kier molecular flexibility index (Phi) is 7.74. The number of aryl methyl sites for hydroxylation is 1. The summed E-state index contributed by atoms with van der Waals surface area (Å²) in [5, 5.41) is 8.89. The minimum Gasteiger partial charge on any atom is -0.490 e.